The van der Waals surface area contributed by atoms with Gasteiger partial charge in [0.1, 0.15) is 5.75 Å². The summed E-state index contributed by atoms with van der Waals surface area (Å²) >= 11 is 0. The standard InChI is InChI=1S/C48H35F3N4O3S/c1-28-4-10-31(11-5-28)44-36-20-22-38(52-36)45(32-12-6-29(2)7-13-32)40-24-26-42(54-40)47(34-16-18-35(19-17-34)58-59(56,57)48(49,50)51)43-27-25-41(55-43)46(39-23-21-37(44)53-39)33-14-8-30(3)9-15-33/h4-27,54-55H,1-3H3. The van der Waals surface area contributed by atoms with Crippen LogP contribution in [0.15, 0.2) is 121 Å². The molecule has 0 saturated carbocycles. The van der Waals surface area contributed by atoms with Gasteiger partial charge in [0.15, 0.2) is 0 Å². The first-order valence-electron chi connectivity index (χ1n) is 18.8. The Bertz CT molecular complexity index is 2980. The fourth-order valence-electron chi connectivity index (χ4n) is 7.43. The minimum atomic E-state index is -5.86. The van der Waals surface area contributed by atoms with E-state index in [0.717, 1.165) is 83.9 Å². The van der Waals surface area contributed by atoms with Crippen molar-refractivity contribution in [2.75, 3.05) is 0 Å². The molecule has 4 aromatic carbocycles. The van der Waals surface area contributed by atoms with Crippen LogP contribution in [0.5, 0.6) is 5.75 Å². The molecule has 7 nitrogen and oxygen atoms in total. The van der Waals surface area contributed by atoms with Crippen LogP contribution in [-0.4, -0.2) is 33.9 Å². The summed E-state index contributed by atoms with van der Waals surface area (Å²) in [6.07, 6.45) is 8.08. The molecule has 0 fully saturated rings. The van der Waals surface area contributed by atoms with Gasteiger partial charge in [-0.1, -0.05) is 102 Å². The maximum atomic E-state index is 13.2. The fourth-order valence-corrected chi connectivity index (χ4v) is 7.89. The van der Waals surface area contributed by atoms with Crippen molar-refractivity contribution >= 4 is 56.5 Å². The van der Waals surface area contributed by atoms with Crippen LogP contribution in [0.3, 0.4) is 0 Å². The monoisotopic (exact) mass is 804 g/mol. The minimum absolute atomic E-state index is 0.470. The number of hydrogen-bond donors (Lipinski definition) is 2. The highest BCUT2D eigenvalue weighted by Crippen LogP contribution is 2.39. The lowest BCUT2D eigenvalue weighted by molar-refractivity contribution is -0.0500. The smallest absolute Gasteiger partial charge is 0.376 e. The second kappa shape index (κ2) is 14.4. The van der Waals surface area contributed by atoms with Crippen molar-refractivity contribution < 1.29 is 25.8 Å². The highest BCUT2D eigenvalue weighted by Gasteiger charge is 2.48. The van der Waals surface area contributed by atoms with Crippen molar-refractivity contribution in [3.63, 3.8) is 0 Å². The number of fused-ring (bicyclic) bond motifs is 8. The number of rotatable bonds is 6. The molecule has 9 rings (SSSR count). The van der Waals surface area contributed by atoms with Gasteiger partial charge < -0.3 is 14.2 Å². The van der Waals surface area contributed by atoms with Crippen LogP contribution >= 0.6 is 0 Å². The number of benzene rings is 4. The molecule has 0 spiro atoms. The van der Waals surface area contributed by atoms with E-state index in [0.29, 0.717) is 22.2 Å². The summed E-state index contributed by atoms with van der Waals surface area (Å²) in [7, 11) is -5.86. The van der Waals surface area contributed by atoms with Gasteiger partial charge >= 0.3 is 15.6 Å². The lowest BCUT2D eigenvalue weighted by Gasteiger charge is -2.10. The summed E-state index contributed by atoms with van der Waals surface area (Å²) in [4.78, 5) is 17.9. The van der Waals surface area contributed by atoms with Crippen molar-refractivity contribution in [3.05, 3.63) is 161 Å². The zero-order valence-electron chi connectivity index (χ0n) is 32.0. The molecule has 0 aliphatic carbocycles. The number of aryl methyl sites for hydroxylation is 3. The maximum absolute atomic E-state index is 13.2. The summed E-state index contributed by atoms with van der Waals surface area (Å²) in [5, 5.41) is 0. The topological polar surface area (TPSA) is 101 Å². The van der Waals surface area contributed by atoms with Crippen molar-refractivity contribution in [1.29, 1.82) is 0 Å². The summed E-state index contributed by atoms with van der Waals surface area (Å²) in [5.74, 6) is -0.470. The highest BCUT2D eigenvalue weighted by molar-refractivity contribution is 7.88. The Balaban J connectivity index is 1.39. The van der Waals surface area contributed by atoms with Crippen molar-refractivity contribution in [2.45, 2.75) is 26.3 Å². The van der Waals surface area contributed by atoms with Gasteiger partial charge in [0.25, 0.3) is 0 Å². The fraction of sp³-hybridized carbons (Fsp3) is 0.0833. The van der Waals surface area contributed by atoms with Crippen LogP contribution in [0.1, 0.15) is 39.5 Å². The largest absolute Gasteiger partial charge is 0.534 e. The number of aromatic nitrogens is 4. The summed E-state index contributed by atoms with van der Waals surface area (Å²) in [5.41, 5.74) is 10.4. The average molecular weight is 805 g/mol. The van der Waals surface area contributed by atoms with Gasteiger partial charge in [-0.2, -0.15) is 21.6 Å². The Hall–Kier alpha value is -6.98. The Morgan fingerprint density at radius 1 is 0.441 bits per heavy atom. The van der Waals surface area contributed by atoms with Gasteiger partial charge in [0, 0.05) is 44.3 Å². The molecular formula is C48H35F3N4O3S. The zero-order chi connectivity index (χ0) is 41.1. The molecule has 3 aromatic heterocycles. The van der Waals surface area contributed by atoms with Gasteiger partial charge in [-0.25, -0.2) is 9.97 Å². The summed E-state index contributed by atoms with van der Waals surface area (Å²) in [6.45, 7) is 6.13. The molecule has 0 atom stereocenters. The van der Waals surface area contributed by atoms with Gasteiger partial charge in [0.05, 0.1) is 22.8 Å². The van der Waals surface area contributed by atoms with Crippen LogP contribution in [0, 0.1) is 20.8 Å². The molecule has 2 aliphatic rings. The first-order chi connectivity index (χ1) is 28.3. The normalized spacial score (nSPS) is 12.6. The Morgan fingerprint density at radius 3 is 1.12 bits per heavy atom. The number of aromatic amines is 2. The van der Waals surface area contributed by atoms with Crippen LogP contribution in [0.4, 0.5) is 13.2 Å². The Kier molecular flexibility index (Phi) is 9.20. The molecule has 0 unspecified atom stereocenters. The first-order valence-corrected chi connectivity index (χ1v) is 20.2. The quantitative estimate of drug-likeness (QED) is 0.129. The van der Waals surface area contributed by atoms with E-state index in [1.54, 1.807) is 0 Å². The summed E-state index contributed by atoms with van der Waals surface area (Å²) < 4.78 is 67.7. The Labute approximate surface area is 338 Å². The number of nitrogens with one attached hydrogen (secondary N) is 2. The third kappa shape index (κ3) is 7.14. The molecule has 7 aromatic rings. The molecule has 8 bridgehead atoms. The second-order valence-corrected chi connectivity index (χ2v) is 16.1. The van der Waals surface area contributed by atoms with E-state index in [4.69, 9.17) is 9.97 Å². The molecule has 59 heavy (non-hydrogen) atoms. The lowest BCUT2D eigenvalue weighted by Crippen LogP contribution is -2.28. The predicted molar refractivity (Wildman–Crippen MR) is 230 cm³/mol. The van der Waals surface area contributed by atoms with E-state index in [-0.39, 0.29) is 0 Å². The van der Waals surface area contributed by atoms with Crippen LogP contribution < -0.4 is 4.18 Å². The third-order valence-electron chi connectivity index (χ3n) is 10.4. The van der Waals surface area contributed by atoms with E-state index in [1.165, 1.54) is 24.3 Å². The van der Waals surface area contributed by atoms with Crippen molar-refractivity contribution in [2.24, 2.45) is 0 Å². The number of alkyl halides is 3. The summed E-state index contributed by atoms with van der Waals surface area (Å²) in [6, 6.07) is 38.1. The molecule has 0 saturated heterocycles. The van der Waals surface area contributed by atoms with Crippen LogP contribution in [0.2, 0.25) is 0 Å². The van der Waals surface area contributed by atoms with E-state index in [1.807, 2.05) is 62.4 Å². The molecule has 0 amide bonds. The first kappa shape index (κ1) is 37.6. The minimum Gasteiger partial charge on any atom is -0.376 e. The van der Waals surface area contributed by atoms with E-state index < -0.39 is 21.4 Å². The van der Waals surface area contributed by atoms with Crippen LogP contribution in [-0.2, 0) is 10.1 Å². The van der Waals surface area contributed by atoms with Crippen LogP contribution in [0.25, 0.3) is 90.9 Å². The number of hydrogen-bond acceptors (Lipinski definition) is 5. The predicted octanol–water partition coefficient (Wildman–Crippen LogP) is 12.5. The number of nitrogens with zero attached hydrogens (tertiary/aromatic N) is 2. The average Bonchev–Trinajstić information content (AvgIpc) is 4.05. The SMILES string of the molecule is Cc1ccc(-c2c3nc(c(-c4ccc(C)cc4)c4ccc([nH]4)c(-c4ccc(OS(=O)(=O)C(F)(F)F)cc4)c4ccc([nH]4)c(-c4ccc(C)cc4)c4nc2C=C4)C=C3)cc1. The van der Waals surface area contributed by atoms with Gasteiger partial charge in [-0.15, -0.1) is 0 Å². The molecule has 5 heterocycles. The van der Waals surface area contributed by atoms with Gasteiger partial charge in [0.2, 0.25) is 0 Å². The zero-order valence-corrected chi connectivity index (χ0v) is 32.8. The van der Waals surface area contributed by atoms with Crippen molar-refractivity contribution in [1.82, 2.24) is 19.9 Å². The van der Waals surface area contributed by atoms with E-state index >= 15 is 0 Å². The number of halogens is 3. The number of H-pyrrole nitrogens is 2. The third-order valence-corrected chi connectivity index (χ3v) is 11.4. The van der Waals surface area contributed by atoms with E-state index in [9.17, 15) is 21.6 Å². The molecule has 11 heteroatoms. The molecule has 2 N–H and O–H groups in total. The van der Waals surface area contributed by atoms with Gasteiger partial charge in [-0.05, 0) is 104 Å². The maximum Gasteiger partial charge on any atom is 0.534 e. The lowest BCUT2D eigenvalue weighted by atomic mass is 10.0. The van der Waals surface area contributed by atoms with Gasteiger partial charge in [-0.3, -0.25) is 0 Å². The molecular weight excluding hydrogens is 770 g/mol. The van der Waals surface area contributed by atoms with Crippen molar-refractivity contribution in [3.8, 4) is 50.3 Å². The molecule has 0 radical (unpaired) electrons. The molecule has 2 aliphatic heterocycles. The van der Waals surface area contributed by atoms with E-state index in [2.05, 4.69) is 93.9 Å². The highest BCUT2D eigenvalue weighted by atomic mass is 32.2. The molecule has 292 valence electrons. The Morgan fingerprint density at radius 2 is 0.746 bits per heavy atom. The second-order valence-electron chi connectivity index (χ2n) is 14.6.